The molecule has 0 saturated heterocycles. The van der Waals surface area contributed by atoms with Gasteiger partial charge in [-0.15, -0.1) is 0 Å². The van der Waals surface area contributed by atoms with Crippen LogP contribution in [0.1, 0.15) is 30.6 Å². The van der Waals surface area contributed by atoms with Gasteiger partial charge in [-0.2, -0.15) is 0 Å². The van der Waals surface area contributed by atoms with Gasteiger partial charge < -0.3 is 10.6 Å². The molecule has 0 bridgehead atoms. The van der Waals surface area contributed by atoms with Crippen LogP contribution in [-0.2, 0) is 4.79 Å². The molecule has 2 N–H and O–H groups in total. The number of halogens is 2. The van der Waals surface area contributed by atoms with Crippen molar-refractivity contribution in [2.75, 3.05) is 13.1 Å². The Balaban J connectivity index is 2.39. The van der Waals surface area contributed by atoms with E-state index in [9.17, 15) is 14.0 Å². The first-order valence-electron chi connectivity index (χ1n) is 6.40. The molecule has 0 aliphatic rings. The van der Waals surface area contributed by atoms with Gasteiger partial charge in [0.05, 0.1) is 10.6 Å². The summed E-state index contributed by atoms with van der Waals surface area (Å²) in [6, 6.07) is 4.05. The van der Waals surface area contributed by atoms with Crippen molar-refractivity contribution in [1.82, 2.24) is 10.6 Å². The number of amides is 2. The van der Waals surface area contributed by atoms with Crippen molar-refractivity contribution in [1.29, 1.82) is 0 Å². The van der Waals surface area contributed by atoms with Crippen LogP contribution < -0.4 is 10.6 Å². The van der Waals surface area contributed by atoms with Gasteiger partial charge >= 0.3 is 0 Å². The van der Waals surface area contributed by atoms with E-state index in [-0.39, 0.29) is 29.0 Å². The van der Waals surface area contributed by atoms with Crippen molar-refractivity contribution in [2.24, 2.45) is 5.92 Å². The Morgan fingerprint density at radius 3 is 2.50 bits per heavy atom. The molecule has 0 atom stereocenters. The van der Waals surface area contributed by atoms with Crippen LogP contribution in [0.4, 0.5) is 4.39 Å². The van der Waals surface area contributed by atoms with E-state index in [4.69, 9.17) is 11.6 Å². The smallest absolute Gasteiger partial charge is 0.255 e. The highest BCUT2D eigenvalue weighted by molar-refractivity contribution is 6.33. The highest BCUT2D eigenvalue weighted by Gasteiger charge is 2.15. The van der Waals surface area contributed by atoms with Crippen molar-refractivity contribution in [2.45, 2.75) is 20.3 Å². The number of hydrogen-bond donors (Lipinski definition) is 2. The van der Waals surface area contributed by atoms with Gasteiger partial charge in [0.1, 0.15) is 5.82 Å². The monoisotopic (exact) mass is 300 g/mol. The summed E-state index contributed by atoms with van der Waals surface area (Å²) in [5, 5.41) is 5.24. The van der Waals surface area contributed by atoms with Crippen molar-refractivity contribution < 1.29 is 14.0 Å². The van der Waals surface area contributed by atoms with Crippen LogP contribution in [-0.4, -0.2) is 24.9 Å². The van der Waals surface area contributed by atoms with E-state index < -0.39 is 11.7 Å². The molecular formula is C14H18ClFN2O2. The molecule has 0 heterocycles. The van der Waals surface area contributed by atoms with Crippen LogP contribution in [0.2, 0.25) is 5.02 Å². The fourth-order valence-corrected chi connectivity index (χ4v) is 1.87. The van der Waals surface area contributed by atoms with Gasteiger partial charge in [0.15, 0.2) is 0 Å². The average Bonchev–Trinajstić information content (AvgIpc) is 2.33. The topological polar surface area (TPSA) is 58.2 Å². The van der Waals surface area contributed by atoms with Gasteiger partial charge in [-0.3, -0.25) is 9.59 Å². The Bertz CT molecular complexity index is 472. The first kappa shape index (κ1) is 16.4. The molecule has 20 heavy (non-hydrogen) atoms. The van der Waals surface area contributed by atoms with Crippen molar-refractivity contribution in [3.63, 3.8) is 0 Å². The molecule has 0 saturated carbocycles. The largest absolute Gasteiger partial charge is 0.354 e. The molecular weight excluding hydrogens is 283 g/mol. The Labute approximate surface area is 122 Å². The Morgan fingerprint density at radius 1 is 1.25 bits per heavy atom. The second-order valence-electron chi connectivity index (χ2n) is 4.80. The Morgan fingerprint density at radius 2 is 1.90 bits per heavy atom. The summed E-state index contributed by atoms with van der Waals surface area (Å²) in [4.78, 5) is 23.1. The van der Waals surface area contributed by atoms with Crippen LogP contribution in [0.25, 0.3) is 0 Å². The van der Waals surface area contributed by atoms with E-state index in [0.29, 0.717) is 13.0 Å². The number of benzene rings is 1. The normalized spacial score (nSPS) is 10.4. The van der Waals surface area contributed by atoms with E-state index in [2.05, 4.69) is 10.6 Å². The highest BCUT2D eigenvalue weighted by atomic mass is 35.5. The zero-order valence-electron chi connectivity index (χ0n) is 11.5. The first-order valence-corrected chi connectivity index (χ1v) is 6.78. The third kappa shape index (κ3) is 5.17. The molecule has 0 aromatic heterocycles. The molecule has 4 nitrogen and oxygen atoms in total. The van der Waals surface area contributed by atoms with E-state index in [1.165, 1.54) is 18.2 Å². The lowest BCUT2D eigenvalue weighted by molar-refractivity contribution is -0.121. The van der Waals surface area contributed by atoms with Gasteiger partial charge in [-0.25, -0.2) is 4.39 Å². The zero-order valence-corrected chi connectivity index (χ0v) is 12.3. The van der Waals surface area contributed by atoms with Crippen molar-refractivity contribution in [3.05, 3.63) is 34.6 Å². The van der Waals surface area contributed by atoms with Crippen molar-refractivity contribution in [3.8, 4) is 0 Å². The number of hydrogen-bond acceptors (Lipinski definition) is 2. The Kier molecular flexibility index (Phi) is 6.45. The van der Waals surface area contributed by atoms with Gasteiger partial charge in [-0.1, -0.05) is 31.5 Å². The fraction of sp³-hybridized carbons (Fsp3) is 0.429. The minimum absolute atomic E-state index is 0.0614. The maximum atomic E-state index is 13.5. The van der Waals surface area contributed by atoms with Crippen LogP contribution >= 0.6 is 11.6 Å². The van der Waals surface area contributed by atoms with E-state index in [1.807, 2.05) is 13.8 Å². The molecule has 110 valence electrons. The lowest BCUT2D eigenvalue weighted by Crippen LogP contribution is -2.35. The molecule has 0 fully saturated rings. The lowest BCUT2D eigenvalue weighted by atomic mass is 10.1. The van der Waals surface area contributed by atoms with Gasteiger partial charge in [0, 0.05) is 19.5 Å². The van der Waals surface area contributed by atoms with Crippen LogP contribution in [0.15, 0.2) is 18.2 Å². The standard InChI is InChI=1S/C14H18ClFN2O2/c1-9(2)8-12(19)17-6-7-18-14(20)13-10(15)4-3-5-11(13)16/h3-5,9H,6-8H2,1-2H3,(H,17,19)(H,18,20). The first-order chi connectivity index (χ1) is 9.41. The van der Waals surface area contributed by atoms with Crippen LogP contribution in [0, 0.1) is 11.7 Å². The number of rotatable bonds is 6. The summed E-state index contributed by atoms with van der Waals surface area (Å²) < 4.78 is 13.5. The third-order valence-corrected chi connectivity index (χ3v) is 2.83. The second-order valence-corrected chi connectivity index (χ2v) is 5.21. The number of carbonyl (C=O) groups is 2. The minimum atomic E-state index is -0.668. The SMILES string of the molecule is CC(C)CC(=O)NCCNC(=O)c1c(F)cccc1Cl. The minimum Gasteiger partial charge on any atom is -0.354 e. The summed E-state index contributed by atoms with van der Waals surface area (Å²) in [6.07, 6.45) is 0.438. The molecule has 0 radical (unpaired) electrons. The quantitative estimate of drug-likeness (QED) is 0.793. The predicted molar refractivity (Wildman–Crippen MR) is 76.2 cm³/mol. The summed E-state index contributed by atoms with van der Waals surface area (Å²) in [5.74, 6) is -1.05. The molecule has 1 rings (SSSR count). The second kappa shape index (κ2) is 7.85. The molecule has 2 amide bonds. The van der Waals surface area contributed by atoms with E-state index in [1.54, 1.807) is 0 Å². The predicted octanol–water partition coefficient (Wildman–Crippen LogP) is 2.37. The Hall–Kier alpha value is -1.62. The van der Waals surface area contributed by atoms with Crippen molar-refractivity contribution >= 4 is 23.4 Å². The molecule has 0 unspecified atom stereocenters. The fourth-order valence-electron chi connectivity index (χ4n) is 1.62. The molecule has 0 aliphatic carbocycles. The third-order valence-electron chi connectivity index (χ3n) is 2.52. The zero-order chi connectivity index (χ0) is 15.1. The van der Waals surface area contributed by atoms with Gasteiger partial charge in [-0.05, 0) is 18.1 Å². The lowest BCUT2D eigenvalue weighted by Gasteiger charge is -2.09. The van der Waals surface area contributed by atoms with Crippen LogP contribution in [0.3, 0.4) is 0 Å². The molecule has 6 heteroatoms. The highest BCUT2D eigenvalue weighted by Crippen LogP contribution is 2.18. The summed E-state index contributed by atoms with van der Waals surface area (Å²) in [5.41, 5.74) is -0.178. The van der Waals surface area contributed by atoms with Crippen LogP contribution in [0.5, 0.6) is 0 Å². The molecule has 0 spiro atoms. The molecule has 0 aliphatic heterocycles. The maximum Gasteiger partial charge on any atom is 0.255 e. The van der Waals surface area contributed by atoms with Gasteiger partial charge in [0.2, 0.25) is 5.91 Å². The summed E-state index contributed by atoms with van der Waals surface area (Å²) in [6.45, 7) is 4.40. The van der Waals surface area contributed by atoms with E-state index >= 15 is 0 Å². The molecule has 1 aromatic rings. The maximum absolute atomic E-state index is 13.5. The summed E-state index contributed by atoms with van der Waals surface area (Å²) in [7, 11) is 0. The average molecular weight is 301 g/mol. The summed E-state index contributed by atoms with van der Waals surface area (Å²) >= 11 is 5.77. The number of carbonyl (C=O) groups excluding carboxylic acids is 2. The number of nitrogens with one attached hydrogen (secondary N) is 2. The molecule has 1 aromatic carbocycles. The van der Waals surface area contributed by atoms with Gasteiger partial charge in [0.25, 0.3) is 5.91 Å². The van der Waals surface area contributed by atoms with E-state index in [0.717, 1.165) is 0 Å².